The van der Waals surface area contributed by atoms with Gasteiger partial charge in [0.05, 0.1) is 12.5 Å². The Hall–Kier alpha value is -2.08. The summed E-state index contributed by atoms with van der Waals surface area (Å²) in [5.41, 5.74) is 3.69. The molecule has 1 heterocycles. The van der Waals surface area contributed by atoms with Crippen molar-refractivity contribution in [1.29, 1.82) is 0 Å². The van der Waals surface area contributed by atoms with Crippen LogP contribution in [0.5, 0.6) is 5.75 Å². The molecule has 0 saturated carbocycles. The highest BCUT2D eigenvalue weighted by Crippen LogP contribution is 2.48. The number of carbonyl (C=O) groups excluding carboxylic acids is 1. The maximum absolute atomic E-state index is 13.0. The molecule has 0 radical (unpaired) electrons. The van der Waals surface area contributed by atoms with Crippen molar-refractivity contribution < 1.29 is 9.90 Å². The van der Waals surface area contributed by atoms with Crippen LogP contribution in [-0.2, 0) is 0 Å². The van der Waals surface area contributed by atoms with E-state index in [0.29, 0.717) is 12.4 Å². The Morgan fingerprint density at radius 2 is 1.81 bits per heavy atom. The second kappa shape index (κ2) is 8.30. The van der Waals surface area contributed by atoms with Gasteiger partial charge in [0.2, 0.25) is 0 Å². The minimum atomic E-state index is -0.309. The van der Waals surface area contributed by atoms with Crippen LogP contribution in [0.15, 0.2) is 47.5 Å². The number of likely N-dealkylation sites (N-methyl/N-ethyl adjacent to an activating group) is 1. The molecule has 2 N–H and O–H groups in total. The Bertz CT molecular complexity index is 883. The Balaban J connectivity index is 0.00000131. The summed E-state index contributed by atoms with van der Waals surface area (Å²) in [6.45, 7) is 1.44. The van der Waals surface area contributed by atoms with Gasteiger partial charge in [0.1, 0.15) is 11.6 Å². The third-order valence-electron chi connectivity index (χ3n) is 4.94. The fraction of sp³-hybridized carbons (Fsp3) is 0.300. The Morgan fingerprint density at radius 1 is 1.07 bits per heavy atom. The third-order valence-corrected chi connectivity index (χ3v) is 4.94. The van der Waals surface area contributed by atoms with Crippen LogP contribution in [0.2, 0.25) is 0 Å². The molecule has 0 aromatic heterocycles. The maximum atomic E-state index is 13.0. The number of phenols is 1. The van der Waals surface area contributed by atoms with Crippen LogP contribution in [0.3, 0.4) is 0 Å². The van der Waals surface area contributed by atoms with Crippen molar-refractivity contribution in [3.8, 4) is 5.75 Å². The molecule has 1 aliphatic carbocycles. The summed E-state index contributed by atoms with van der Waals surface area (Å²) in [5, 5.41) is 13.2. The molecule has 144 valence electrons. The Morgan fingerprint density at radius 3 is 2.56 bits per heavy atom. The molecule has 0 amide bonds. The smallest absolute Gasteiger partial charge is 0.174 e. The highest BCUT2D eigenvalue weighted by molar-refractivity contribution is 6.21. The van der Waals surface area contributed by atoms with Crippen LogP contribution in [0.4, 0.5) is 5.69 Å². The number of benzene rings is 2. The van der Waals surface area contributed by atoms with Gasteiger partial charge in [-0.25, -0.2) is 0 Å². The van der Waals surface area contributed by atoms with E-state index >= 15 is 0 Å². The summed E-state index contributed by atoms with van der Waals surface area (Å²) in [7, 11) is 4.00. The van der Waals surface area contributed by atoms with E-state index < -0.39 is 0 Å². The first-order chi connectivity index (χ1) is 12.1. The highest BCUT2D eigenvalue weighted by atomic mass is 35.5. The van der Waals surface area contributed by atoms with E-state index in [9.17, 15) is 9.90 Å². The van der Waals surface area contributed by atoms with Crippen molar-refractivity contribution in [3.05, 3.63) is 59.2 Å². The fourth-order valence-electron chi connectivity index (χ4n) is 3.77. The molecule has 2 aliphatic rings. The summed E-state index contributed by atoms with van der Waals surface area (Å²) in [6, 6.07) is 13.1. The number of amidine groups is 1. The second-order valence-electron chi connectivity index (χ2n) is 6.87. The zero-order chi connectivity index (χ0) is 17.6. The largest absolute Gasteiger partial charge is 0.508 e. The first-order valence-electron chi connectivity index (χ1n) is 8.48. The molecule has 2 aromatic rings. The lowest BCUT2D eigenvalue weighted by molar-refractivity contribution is 0.0962. The van der Waals surface area contributed by atoms with Crippen molar-refractivity contribution in [2.24, 2.45) is 10.9 Å². The predicted molar refractivity (Wildman–Crippen MR) is 113 cm³/mol. The number of fused-ring (bicyclic) bond motifs is 5. The summed E-state index contributed by atoms with van der Waals surface area (Å²) in [5.74, 6) is 0.673. The summed E-state index contributed by atoms with van der Waals surface area (Å²) >= 11 is 0. The van der Waals surface area contributed by atoms with Crippen molar-refractivity contribution in [1.82, 2.24) is 4.90 Å². The summed E-state index contributed by atoms with van der Waals surface area (Å²) in [6.07, 6.45) is 0. The molecule has 7 heteroatoms. The van der Waals surface area contributed by atoms with Gasteiger partial charge in [0, 0.05) is 29.8 Å². The van der Waals surface area contributed by atoms with Gasteiger partial charge in [0.15, 0.2) is 5.78 Å². The second-order valence-corrected chi connectivity index (χ2v) is 6.87. The summed E-state index contributed by atoms with van der Waals surface area (Å²) < 4.78 is 0. The number of ketones is 1. The molecule has 5 nitrogen and oxygen atoms in total. The Labute approximate surface area is 171 Å². The van der Waals surface area contributed by atoms with Crippen LogP contribution in [0, 0.1) is 5.92 Å². The quantitative estimate of drug-likeness (QED) is 0.815. The van der Waals surface area contributed by atoms with Crippen molar-refractivity contribution in [2.75, 3.05) is 32.5 Å². The first-order valence-corrected chi connectivity index (χ1v) is 8.48. The third kappa shape index (κ3) is 3.68. The number of anilines is 1. The minimum absolute atomic E-state index is 0. The molecule has 4 rings (SSSR count). The van der Waals surface area contributed by atoms with Crippen molar-refractivity contribution in [2.45, 2.75) is 5.92 Å². The van der Waals surface area contributed by atoms with Gasteiger partial charge in [-0.05, 0) is 31.3 Å². The predicted octanol–water partition coefficient (Wildman–Crippen LogP) is 3.57. The number of nitrogens with one attached hydrogen (secondary N) is 1. The van der Waals surface area contributed by atoms with Crippen LogP contribution in [0.25, 0.3) is 0 Å². The van der Waals surface area contributed by atoms with Gasteiger partial charge in [-0.3, -0.25) is 9.79 Å². The number of phenolic OH excluding ortho intramolecular Hbond substituents is 1. The highest BCUT2D eigenvalue weighted by Gasteiger charge is 2.46. The summed E-state index contributed by atoms with van der Waals surface area (Å²) in [4.78, 5) is 19.8. The topological polar surface area (TPSA) is 64.9 Å². The molecule has 0 spiro atoms. The first kappa shape index (κ1) is 21.2. The zero-order valence-corrected chi connectivity index (χ0v) is 16.8. The number of aromatic hydroxyl groups is 1. The van der Waals surface area contributed by atoms with E-state index in [0.717, 1.165) is 28.9 Å². The number of aliphatic imine (C=N–C) groups is 1. The van der Waals surface area contributed by atoms with Gasteiger partial charge in [-0.1, -0.05) is 30.3 Å². The molecule has 0 fully saturated rings. The molecule has 2 unspecified atom stereocenters. The van der Waals surface area contributed by atoms with E-state index in [4.69, 9.17) is 0 Å². The zero-order valence-electron chi connectivity index (χ0n) is 15.2. The number of halogens is 2. The number of carbonyl (C=O) groups is 1. The SMILES string of the molecule is CN(C)CCN=C1Nc2cc(O)ccc2C2c3ccccc3C(=O)C12.Cl.Cl. The molecule has 0 bridgehead atoms. The van der Waals surface area contributed by atoms with Crippen LogP contribution in [-0.4, -0.2) is 48.8 Å². The maximum Gasteiger partial charge on any atom is 0.174 e. The lowest BCUT2D eigenvalue weighted by Gasteiger charge is -2.30. The molecule has 1 aliphatic heterocycles. The van der Waals surface area contributed by atoms with Gasteiger partial charge < -0.3 is 15.3 Å². The number of hydrogen-bond donors (Lipinski definition) is 2. The van der Waals surface area contributed by atoms with Crippen molar-refractivity contribution >= 4 is 42.1 Å². The lowest BCUT2D eigenvalue weighted by atomic mass is 9.81. The average molecular weight is 408 g/mol. The normalized spacial score (nSPS) is 20.9. The van der Waals surface area contributed by atoms with Crippen molar-refractivity contribution in [3.63, 3.8) is 0 Å². The van der Waals surface area contributed by atoms with Crippen LogP contribution >= 0.6 is 24.8 Å². The van der Waals surface area contributed by atoms with Crippen LogP contribution < -0.4 is 5.32 Å². The van der Waals surface area contributed by atoms with E-state index in [1.54, 1.807) is 12.1 Å². The molecular formula is C20H23Cl2N3O2. The standard InChI is InChI=1S/C20H21N3O2.2ClH/c1-23(2)10-9-21-20-18-17(13-5-3-4-6-14(13)19(18)25)15-8-7-12(24)11-16(15)22-20;;/h3-8,11,17-18,24H,9-10H2,1-2H3,(H,21,22);2*1H. The molecule has 2 atom stereocenters. The molecule has 27 heavy (non-hydrogen) atoms. The van der Waals surface area contributed by atoms with Gasteiger partial charge in [0.25, 0.3) is 0 Å². The monoisotopic (exact) mass is 407 g/mol. The Kier molecular flexibility index (Phi) is 6.52. The van der Waals surface area contributed by atoms with E-state index in [-0.39, 0.29) is 48.2 Å². The van der Waals surface area contributed by atoms with Crippen LogP contribution in [0.1, 0.15) is 27.4 Å². The number of rotatable bonds is 3. The fourth-order valence-corrected chi connectivity index (χ4v) is 3.77. The van der Waals surface area contributed by atoms with E-state index in [2.05, 4.69) is 15.2 Å². The number of nitrogens with zero attached hydrogens (tertiary/aromatic N) is 2. The van der Waals surface area contributed by atoms with E-state index in [1.807, 2.05) is 44.4 Å². The number of Topliss-reactive ketones (excluding diaryl/α,β-unsaturated/α-hetero) is 1. The van der Waals surface area contributed by atoms with Gasteiger partial charge >= 0.3 is 0 Å². The average Bonchev–Trinajstić information content (AvgIpc) is 2.88. The molecule has 2 aromatic carbocycles. The van der Waals surface area contributed by atoms with Gasteiger partial charge in [-0.2, -0.15) is 0 Å². The lowest BCUT2D eigenvalue weighted by Crippen LogP contribution is -2.36. The molecule has 0 saturated heterocycles. The molecular weight excluding hydrogens is 385 g/mol. The minimum Gasteiger partial charge on any atom is -0.508 e. The van der Waals surface area contributed by atoms with Gasteiger partial charge in [-0.15, -0.1) is 24.8 Å². The van der Waals surface area contributed by atoms with E-state index in [1.165, 1.54) is 0 Å². The number of hydrogen-bond acceptors (Lipinski definition) is 4.